The summed E-state index contributed by atoms with van der Waals surface area (Å²) in [5, 5.41) is 1.80. The van der Waals surface area contributed by atoms with Crippen molar-refractivity contribution in [3.05, 3.63) is 65.3 Å². The first kappa shape index (κ1) is 18.1. The third kappa shape index (κ3) is 4.48. The summed E-state index contributed by atoms with van der Waals surface area (Å²) in [7, 11) is 0. The van der Waals surface area contributed by atoms with Gasteiger partial charge in [-0.3, -0.25) is 4.79 Å². The average molecular weight is 384 g/mol. The highest BCUT2D eigenvalue weighted by atomic mass is 32.1. The first-order chi connectivity index (χ1) is 12.3. The molecule has 0 atom stereocenters. The molecule has 0 radical (unpaired) electrons. The zero-order valence-electron chi connectivity index (χ0n) is 13.2. The van der Waals surface area contributed by atoms with E-state index in [2.05, 4.69) is 4.98 Å². The highest BCUT2D eigenvalue weighted by Gasteiger charge is 2.34. The smallest absolute Gasteiger partial charge is 0.406 e. The first-order valence-corrected chi connectivity index (χ1v) is 8.30. The van der Waals surface area contributed by atoms with Crippen molar-refractivity contribution in [2.24, 2.45) is 0 Å². The predicted octanol–water partition coefficient (Wildman–Crippen LogP) is 4.75. The molecule has 0 aliphatic carbocycles. The Balaban J connectivity index is 1.83. The quantitative estimate of drug-likeness (QED) is 0.597. The van der Waals surface area contributed by atoms with E-state index in [1.807, 2.05) is 0 Å². The molecule has 3 rings (SSSR count). The minimum atomic E-state index is -4.56. The van der Waals surface area contributed by atoms with Gasteiger partial charge in [0.15, 0.2) is 0 Å². The van der Waals surface area contributed by atoms with Crippen molar-refractivity contribution < 1.29 is 26.8 Å². The lowest BCUT2D eigenvalue weighted by Crippen LogP contribution is -2.38. The van der Waals surface area contributed by atoms with Crippen LogP contribution in [0.15, 0.2) is 52.5 Å². The van der Waals surface area contributed by atoms with E-state index in [0.717, 1.165) is 11.3 Å². The summed E-state index contributed by atoms with van der Waals surface area (Å²) in [5.41, 5.74) is 0.467. The van der Waals surface area contributed by atoms with Crippen LogP contribution in [0.5, 0.6) is 0 Å². The van der Waals surface area contributed by atoms with Gasteiger partial charge in [-0.05, 0) is 36.4 Å². The van der Waals surface area contributed by atoms with Gasteiger partial charge in [0.25, 0.3) is 5.91 Å². The molecule has 0 saturated heterocycles. The van der Waals surface area contributed by atoms with Crippen LogP contribution in [0.1, 0.15) is 16.2 Å². The number of benzene rings is 1. The average Bonchev–Trinajstić information content (AvgIpc) is 3.24. The topological polar surface area (TPSA) is 46.3 Å². The summed E-state index contributed by atoms with van der Waals surface area (Å²) in [6.45, 7) is -1.75. The SMILES string of the molecule is O=C(c1csc(-c2ccc(F)cc2)n1)N(Cc1ccco1)CC(F)(F)F. The Labute approximate surface area is 149 Å². The number of rotatable bonds is 5. The molecule has 0 unspecified atom stereocenters. The summed E-state index contributed by atoms with van der Waals surface area (Å²) in [5.74, 6) is -1.05. The second kappa shape index (κ2) is 7.28. The lowest BCUT2D eigenvalue weighted by atomic mass is 10.2. The van der Waals surface area contributed by atoms with Crippen molar-refractivity contribution in [1.29, 1.82) is 0 Å². The highest BCUT2D eigenvalue weighted by Crippen LogP contribution is 2.26. The number of furan rings is 1. The Morgan fingerprint density at radius 2 is 1.92 bits per heavy atom. The van der Waals surface area contributed by atoms with E-state index in [9.17, 15) is 22.4 Å². The molecule has 0 fully saturated rings. The monoisotopic (exact) mass is 384 g/mol. The van der Waals surface area contributed by atoms with Crippen molar-refractivity contribution in [2.75, 3.05) is 6.54 Å². The van der Waals surface area contributed by atoms with E-state index < -0.39 is 24.4 Å². The van der Waals surface area contributed by atoms with Crippen LogP contribution in [-0.4, -0.2) is 28.5 Å². The summed E-state index contributed by atoms with van der Waals surface area (Å²) in [6, 6.07) is 8.47. The predicted molar refractivity (Wildman–Crippen MR) is 87.0 cm³/mol. The molecule has 0 spiro atoms. The maximum Gasteiger partial charge on any atom is 0.406 e. The van der Waals surface area contributed by atoms with Crippen LogP contribution in [-0.2, 0) is 6.54 Å². The molecule has 1 aromatic carbocycles. The largest absolute Gasteiger partial charge is 0.467 e. The molecular formula is C17H12F4N2O2S. The van der Waals surface area contributed by atoms with Gasteiger partial charge in [0.1, 0.15) is 28.8 Å². The van der Waals surface area contributed by atoms with Gasteiger partial charge < -0.3 is 9.32 Å². The Kier molecular flexibility index (Phi) is 5.08. The molecule has 0 N–H and O–H groups in total. The van der Waals surface area contributed by atoms with E-state index in [4.69, 9.17) is 4.42 Å². The molecule has 9 heteroatoms. The number of carbonyl (C=O) groups is 1. The molecular weight excluding hydrogens is 372 g/mol. The number of hydrogen-bond acceptors (Lipinski definition) is 4. The normalized spacial score (nSPS) is 11.5. The van der Waals surface area contributed by atoms with Crippen molar-refractivity contribution in [3.63, 3.8) is 0 Å². The molecule has 136 valence electrons. The lowest BCUT2D eigenvalue weighted by Gasteiger charge is -2.22. The van der Waals surface area contributed by atoms with E-state index in [-0.39, 0.29) is 18.0 Å². The first-order valence-electron chi connectivity index (χ1n) is 7.42. The highest BCUT2D eigenvalue weighted by molar-refractivity contribution is 7.13. The zero-order chi connectivity index (χ0) is 18.7. The summed E-state index contributed by atoms with van der Waals surface area (Å²) in [6.07, 6.45) is -3.24. The molecule has 0 saturated carbocycles. The van der Waals surface area contributed by atoms with Crippen LogP contribution >= 0.6 is 11.3 Å². The second-order valence-corrected chi connectivity index (χ2v) is 6.26. The summed E-state index contributed by atoms with van der Waals surface area (Å²) < 4.78 is 56.5. The number of carbonyl (C=O) groups excluding carboxylic acids is 1. The molecule has 0 bridgehead atoms. The van der Waals surface area contributed by atoms with Crippen molar-refractivity contribution >= 4 is 17.2 Å². The number of thiazole rings is 1. The lowest BCUT2D eigenvalue weighted by molar-refractivity contribution is -0.142. The molecule has 2 heterocycles. The van der Waals surface area contributed by atoms with E-state index in [1.54, 1.807) is 0 Å². The summed E-state index contributed by atoms with van der Waals surface area (Å²) >= 11 is 1.09. The van der Waals surface area contributed by atoms with E-state index >= 15 is 0 Å². The fourth-order valence-electron chi connectivity index (χ4n) is 2.27. The second-order valence-electron chi connectivity index (χ2n) is 5.40. The van der Waals surface area contributed by atoms with Crippen LogP contribution in [0.25, 0.3) is 10.6 Å². The van der Waals surface area contributed by atoms with Gasteiger partial charge in [0.05, 0.1) is 12.8 Å². The molecule has 1 amide bonds. The minimum Gasteiger partial charge on any atom is -0.467 e. The van der Waals surface area contributed by atoms with Crippen molar-refractivity contribution in [3.8, 4) is 10.6 Å². The number of nitrogens with zero attached hydrogens (tertiary/aromatic N) is 2. The Morgan fingerprint density at radius 3 is 2.54 bits per heavy atom. The number of amides is 1. The number of halogens is 4. The fourth-order valence-corrected chi connectivity index (χ4v) is 3.07. The molecule has 4 nitrogen and oxygen atoms in total. The van der Waals surface area contributed by atoms with Crippen LogP contribution in [0.4, 0.5) is 17.6 Å². The molecule has 0 aliphatic rings. The molecule has 0 aliphatic heterocycles. The minimum absolute atomic E-state index is 0.106. The molecule has 26 heavy (non-hydrogen) atoms. The maximum absolute atomic E-state index is 13.0. The number of alkyl halides is 3. The van der Waals surface area contributed by atoms with Crippen LogP contribution in [0, 0.1) is 5.82 Å². The van der Waals surface area contributed by atoms with Gasteiger partial charge in [-0.1, -0.05) is 0 Å². The standard InChI is InChI=1S/C17H12F4N2O2S/c18-12-5-3-11(4-6-12)15-22-14(9-26-15)16(24)23(10-17(19,20)21)8-13-2-1-7-25-13/h1-7,9H,8,10H2. The van der Waals surface area contributed by atoms with Gasteiger partial charge >= 0.3 is 6.18 Å². The van der Waals surface area contributed by atoms with Gasteiger partial charge in [0, 0.05) is 10.9 Å². The maximum atomic E-state index is 13.0. The van der Waals surface area contributed by atoms with Crippen LogP contribution in [0.3, 0.4) is 0 Å². The molecule has 3 aromatic rings. The molecule has 2 aromatic heterocycles. The van der Waals surface area contributed by atoms with Gasteiger partial charge in [0.2, 0.25) is 0 Å². The third-order valence-electron chi connectivity index (χ3n) is 3.40. The summed E-state index contributed by atoms with van der Waals surface area (Å²) in [4.78, 5) is 17.2. The Hall–Kier alpha value is -2.68. The van der Waals surface area contributed by atoms with E-state index in [1.165, 1.54) is 48.0 Å². The number of hydrogen-bond donors (Lipinski definition) is 0. The van der Waals surface area contributed by atoms with E-state index in [0.29, 0.717) is 15.5 Å². The number of aromatic nitrogens is 1. The van der Waals surface area contributed by atoms with Crippen LogP contribution in [0.2, 0.25) is 0 Å². The van der Waals surface area contributed by atoms with Crippen molar-refractivity contribution in [2.45, 2.75) is 12.7 Å². The zero-order valence-corrected chi connectivity index (χ0v) is 14.0. The van der Waals surface area contributed by atoms with Crippen LogP contribution < -0.4 is 0 Å². The van der Waals surface area contributed by atoms with Crippen molar-refractivity contribution in [1.82, 2.24) is 9.88 Å². The van der Waals surface area contributed by atoms with Gasteiger partial charge in [-0.25, -0.2) is 9.37 Å². The van der Waals surface area contributed by atoms with Gasteiger partial charge in [-0.2, -0.15) is 13.2 Å². The fraction of sp³-hybridized carbons (Fsp3) is 0.176. The van der Waals surface area contributed by atoms with Gasteiger partial charge in [-0.15, -0.1) is 11.3 Å². The Bertz CT molecular complexity index is 873. The Morgan fingerprint density at radius 1 is 1.19 bits per heavy atom. The third-order valence-corrected chi connectivity index (χ3v) is 4.29.